The van der Waals surface area contributed by atoms with Crippen molar-refractivity contribution in [2.45, 2.75) is 19.8 Å². The molecule has 2 aromatic rings. The summed E-state index contributed by atoms with van der Waals surface area (Å²) in [5, 5.41) is 10.9. The van der Waals surface area contributed by atoms with Gasteiger partial charge in [-0.1, -0.05) is 13.3 Å². The molecule has 96 valence electrons. The van der Waals surface area contributed by atoms with Crippen LogP contribution in [0.1, 0.15) is 29.6 Å². The van der Waals surface area contributed by atoms with Crippen LogP contribution in [0.4, 0.5) is 0 Å². The Hall–Kier alpha value is -1.82. The number of methoxy groups -OCH3 is 1. The minimum absolute atomic E-state index is 0.0702. The van der Waals surface area contributed by atoms with Gasteiger partial charge in [-0.25, -0.2) is 9.78 Å². The fourth-order valence-electron chi connectivity index (χ4n) is 1.57. The number of hydrogen-bond acceptors (Lipinski definition) is 5. The molecule has 18 heavy (non-hydrogen) atoms. The molecular weight excluding hydrogens is 254 g/mol. The number of aromatic nitrogens is 1. The van der Waals surface area contributed by atoms with Gasteiger partial charge >= 0.3 is 5.97 Å². The molecule has 2 rings (SSSR count). The van der Waals surface area contributed by atoms with Crippen LogP contribution >= 0.6 is 11.3 Å². The van der Waals surface area contributed by atoms with E-state index in [2.05, 4.69) is 4.98 Å². The van der Waals surface area contributed by atoms with Crippen LogP contribution in [0.2, 0.25) is 0 Å². The van der Waals surface area contributed by atoms with Crippen LogP contribution in [-0.2, 0) is 6.42 Å². The number of aryl methyl sites for hydroxylation is 1. The first-order chi connectivity index (χ1) is 8.65. The van der Waals surface area contributed by atoms with Gasteiger partial charge in [0.1, 0.15) is 5.75 Å². The van der Waals surface area contributed by atoms with E-state index in [0.717, 1.165) is 11.3 Å². The molecule has 2 aromatic heterocycles. The van der Waals surface area contributed by atoms with Crippen molar-refractivity contribution >= 4 is 17.3 Å². The Morgan fingerprint density at radius 1 is 1.61 bits per heavy atom. The van der Waals surface area contributed by atoms with Crippen LogP contribution in [-0.4, -0.2) is 23.2 Å². The van der Waals surface area contributed by atoms with E-state index in [4.69, 9.17) is 14.3 Å². The lowest BCUT2D eigenvalue weighted by Gasteiger charge is -1.91. The molecule has 0 spiro atoms. The summed E-state index contributed by atoms with van der Waals surface area (Å²) in [6.07, 6.45) is 1.41. The van der Waals surface area contributed by atoms with Gasteiger partial charge in [0.05, 0.1) is 17.7 Å². The van der Waals surface area contributed by atoms with E-state index in [9.17, 15) is 4.79 Å². The largest absolute Gasteiger partial charge is 0.496 e. The van der Waals surface area contributed by atoms with Crippen molar-refractivity contribution in [3.8, 4) is 16.5 Å². The van der Waals surface area contributed by atoms with Crippen molar-refractivity contribution in [2.24, 2.45) is 0 Å². The third kappa shape index (κ3) is 2.38. The summed E-state index contributed by atoms with van der Waals surface area (Å²) in [6, 6.07) is 1.78. The molecule has 0 aliphatic rings. The van der Waals surface area contributed by atoms with Crippen LogP contribution in [0.3, 0.4) is 0 Å². The predicted molar refractivity (Wildman–Crippen MR) is 67.3 cm³/mol. The number of ether oxygens (including phenoxy) is 1. The third-order valence-electron chi connectivity index (χ3n) is 2.40. The smallest absolute Gasteiger partial charge is 0.373 e. The number of carboxylic acids is 1. The van der Waals surface area contributed by atoms with Crippen LogP contribution in [0.15, 0.2) is 15.9 Å². The maximum Gasteiger partial charge on any atom is 0.373 e. The van der Waals surface area contributed by atoms with Gasteiger partial charge in [0.2, 0.25) is 11.7 Å². The van der Waals surface area contributed by atoms with Crippen molar-refractivity contribution in [2.75, 3.05) is 7.11 Å². The third-order valence-corrected chi connectivity index (χ3v) is 3.30. The number of carboxylic acid groups (broad SMARTS) is 1. The summed E-state index contributed by atoms with van der Waals surface area (Å²) < 4.78 is 10.4. The average molecular weight is 267 g/mol. The molecule has 0 bridgehead atoms. The number of oxazole rings is 1. The van der Waals surface area contributed by atoms with Crippen molar-refractivity contribution in [3.63, 3.8) is 0 Å². The Bertz CT molecular complexity index is 558. The van der Waals surface area contributed by atoms with Crippen LogP contribution in [0, 0.1) is 0 Å². The molecule has 0 aliphatic heterocycles. The van der Waals surface area contributed by atoms with Gasteiger partial charge in [0, 0.05) is 11.4 Å². The maximum absolute atomic E-state index is 11.0. The van der Waals surface area contributed by atoms with Gasteiger partial charge in [-0.3, -0.25) is 0 Å². The molecule has 0 unspecified atom stereocenters. The van der Waals surface area contributed by atoms with Crippen LogP contribution in [0.5, 0.6) is 5.75 Å². The number of rotatable bonds is 5. The summed E-state index contributed by atoms with van der Waals surface area (Å²) in [5.74, 6) is -0.105. The first-order valence-electron chi connectivity index (χ1n) is 5.51. The molecule has 0 aliphatic carbocycles. The Balaban J connectivity index is 2.39. The lowest BCUT2D eigenvalue weighted by Crippen LogP contribution is -1.99. The summed E-state index contributed by atoms with van der Waals surface area (Å²) >= 11 is 1.40. The summed E-state index contributed by atoms with van der Waals surface area (Å²) in [5.41, 5.74) is 0.493. The summed E-state index contributed by atoms with van der Waals surface area (Å²) in [6.45, 7) is 1.97. The Labute approximate surface area is 108 Å². The number of thiophene rings is 1. The molecule has 5 nitrogen and oxygen atoms in total. The highest BCUT2D eigenvalue weighted by molar-refractivity contribution is 7.13. The first kappa shape index (κ1) is 12.6. The zero-order valence-electron chi connectivity index (χ0n) is 10.1. The molecule has 0 saturated carbocycles. The molecule has 0 aromatic carbocycles. The quantitative estimate of drug-likeness (QED) is 0.901. The van der Waals surface area contributed by atoms with Gasteiger partial charge in [-0.15, -0.1) is 11.3 Å². The topological polar surface area (TPSA) is 72.6 Å². The summed E-state index contributed by atoms with van der Waals surface area (Å²) in [4.78, 5) is 16.1. The molecule has 0 atom stereocenters. The van der Waals surface area contributed by atoms with E-state index >= 15 is 0 Å². The first-order valence-corrected chi connectivity index (χ1v) is 6.39. The molecule has 0 saturated heterocycles. The summed E-state index contributed by atoms with van der Waals surface area (Å²) in [7, 11) is 1.58. The van der Waals surface area contributed by atoms with Crippen molar-refractivity contribution in [1.29, 1.82) is 0 Å². The van der Waals surface area contributed by atoms with Crippen molar-refractivity contribution < 1.29 is 19.1 Å². The molecule has 2 heterocycles. The standard InChI is InChI=1S/C12H13NO4S/c1-3-4-8-10(12(14)15)17-11(13-8)9-5-7(16-2)6-18-9/h5-6H,3-4H2,1-2H3,(H,14,15). The van der Waals surface area contributed by atoms with E-state index in [0.29, 0.717) is 23.8 Å². The number of aromatic carboxylic acids is 1. The fraction of sp³-hybridized carbons (Fsp3) is 0.333. The van der Waals surface area contributed by atoms with Gasteiger partial charge < -0.3 is 14.3 Å². The minimum atomic E-state index is -1.08. The number of nitrogens with zero attached hydrogens (tertiary/aromatic N) is 1. The SMILES string of the molecule is CCCc1nc(-c2cc(OC)cs2)oc1C(=O)O. The highest BCUT2D eigenvalue weighted by atomic mass is 32.1. The van der Waals surface area contributed by atoms with Crippen molar-refractivity contribution in [3.05, 3.63) is 22.9 Å². The Morgan fingerprint density at radius 3 is 2.94 bits per heavy atom. The highest BCUT2D eigenvalue weighted by Crippen LogP contribution is 2.31. The second kappa shape index (κ2) is 5.22. The van der Waals surface area contributed by atoms with Gasteiger partial charge in [0.15, 0.2) is 0 Å². The zero-order valence-corrected chi connectivity index (χ0v) is 10.9. The van der Waals surface area contributed by atoms with E-state index in [1.807, 2.05) is 12.3 Å². The van der Waals surface area contributed by atoms with E-state index < -0.39 is 5.97 Å². The molecule has 0 radical (unpaired) electrons. The molecule has 0 fully saturated rings. The van der Waals surface area contributed by atoms with Crippen molar-refractivity contribution in [1.82, 2.24) is 4.98 Å². The predicted octanol–water partition coefficient (Wildman–Crippen LogP) is 3.06. The Kier molecular flexibility index (Phi) is 3.66. The minimum Gasteiger partial charge on any atom is -0.496 e. The average Bonchev–Trinajstić information content (AvgIpc) is 2.94. The van der Waals surface area contributed by atoms with Crippen LogP contribution < -0.4 is 4.74 Å². The zero-order chi connectivity index (χ0) is 13.1. The fourth-order valence-corrected chi connectivity index (χ4v) is 2.35. The molecular formula is C12H13NO4S. The van der Waals surface area contributed by atoms with Crippen LogP contribution in [0.25, 0.3) is 10.8 Å². The molecule has 0 amide bonds. The van der Waals surface area contributed by atoms with E-state index in [-0.39, 0.29) is 5.76 Å². The lowest BCUT2D eigenvalue weighted by molar-refractivity contribution is 0.0662. The number of carbonyl (C=O) groups is 1. The van der Waals surface area contributed by atoms with Gasteiger partial charge in [-0.2, -0.15) is 0 Å². The monoisotopic (exact) mass is 267 g/mol. The van der Waals surface area contributed by atoms with E-state index in [1.54, 1.807) is 13.2 Å². The number of hydrogen-bond donors (Lipinski definition) is 1. The van der Waals surface area contributed by atoms with Gasteiger partial charge in [0.25, 0.3) is 0 Å². The Morgan fingerprint density at radius 2 is 2.39 bits per heavy atom. The highest BCUT2D eigenvalue weighted by Gasteiger charge is 2.20. The lowest BCUT2D eigenvalue weighted by atomic mass is 10.2. The maximum atomic E-state index is 11.0. The normalized spacial score (nSPS) is 10.6. The molecule has 1 N–H and O–H groups in total. The molecule has 6 heteroatoms. The van der Waals surface area contributed by atoms with Gasteiger partial charge in [-0.05, 0) is 6.42 Å². The van der Waals surface area contributed by atoms with E-state index in [1.165, 1.54) is 11.3 Å². The second-order valence-corrected chi connectivity index (χ2v) is 4.61. The second-order valence-electron chi connectivity index (χ2n) is 3.70.